The summed E-state index contributed by atoms with van der Waals surface area (Å²) in [6.45, 7) is 2.15. The number of carbonyl (C=O) groups excluding carboxylic acids is 1. The number of imidazole rings is 1. The number of aromatic nitrogens is 4. The van der Waals surface area contributed by atoms with E-state index in [0.29, 0.717) is 18.0 Å². The fourth-order valence-electron chi connectivity index (χ4n) is 3.17. The molecule has 1 unspecified atom stereocenters. The molecule has 1 atom stereocenters. The number of ether oxygens (including phenoxy) is 2. The first-order valence-corrected chi connectivity index (χ1v) is 8.67. The third-order valence-electron chi connectivity index (χ3n) is 4.87. The van der Waals surface area contributed by atoms with Gasteiger partial charge in [-0.1, -0.05) is 6.07 Å². The zero-order valence-corrected chi connectivity index (χ0v) is 15.6. The first kappa shape index (κ1) is 17.8. The molecule has 0 radical (unpaired) electrons. The van der Waals surface area contributed by atoms with Crippen LogP contribution in [0.2, 0.25) is 0 Å². The van der Waals surface area contributed by atoms with Gasteiger partial charge in [0, 0.05) is 20.6 Å². The zero-order valence-electron chi connectivity index (χ0n) is 15.6. The van der Waals surface area contributed by atoms with Crippen LogP contribution in [0.1, 0.15) is 18.5 Å². The minimum Gasteiger partial charge on any atom is -0.454 e. The highest BCUT2D eigenvalue weighted by Crippen LogP contribution is 2.32. The molecule has 3 heterocycles. The molecule has 0 bridgehead atoms. The van der Waals surface area contributed by atoms with Gasteiger partial charge in [-0.3, -0.25) is 18.7 Å². The first-order chi connectivity index (χ1) is 13.4. The van der Waals surface area contributed by atoms with Gasteiger partial charge in [-0.05, 0) is 24.6 Å². The van der Waals surface area contributed by atoms with Crippen LogP contribution in [0.3, 0.4) is 0 Å². The number of hydrogen-bond donors (Lipinski definition) is 1. The lowest BCUT2D eigenvalue weighted by Gasteiger charge is -2.15. The molecule has 0 spiro atoms. The Hall–Kier alpha value is -3.56. The number of aryl methyl sites for hydroxylation is 1. The molecule has 0 aliphatic carbocycles. The maximum atomic E-state index is 12.6. The van der Waals surface area contributed by atoms with Crippen LogP contribution in [0, 0.1) is 0 Å². The normalized spacial score (nSPS) is 13.7. The molecule has 1 aromatic carbocycles. The Morgan fingerprint density at radius 1 is 1.21 bits per heavy atom. The van der Waals surface area contributed by atoms with Gasteiger partial charge in [-0.2, -0.15) is 0 Å². The van der Waals surface area contributed by atoms with E-state index < -0.39 is 17.3 Å². The van der Waals surface area contributed by atoms with E-state index in [4.69, 9.17) is 9.47 Å². The van der Waals surface area contributed by atoms with Crippen molar-refractivity contribution in [1.29, 1.82) is 0 Å². The maximum absolute atomic E-state index is 12.6. The largest absolute Gasteiger partial charge is 0.454 e. The highest BCUT2D eigenvalue weighted by atomic mass is 16.7. The van der Waals surface area contributed by atoms with Crippen molar-refractivity contribution in [2.45, 2.75) is 19.5 Å². The van der Waals surface area contributed by atoms with Gasteiger partial charge in [0.25, 0.3) is 5.56 Å². The van der Waals surface area contributed by atoms with Crippen molar-refractivity contribution in [1.82, 2.24) is 24.0 Å². The van der Waals surface area contributed by atoms with E-state index in [0.717, 1.165) is 10.1 Å². The third-order valence-corrected chi connectivity index (χ3v) is 4.87. The van der Waals surface area contributed by atoms with Crippen LogP contribution in [0.25, 0.3) is 11.2 Å². The molecular weight excluding hydrogens is 366 g/mol. The number of nitrogens with zero attached hydrogens (tertiary/aromatic N) is 4. The van der Waals surface area contributed by atoms with Crippen LogP contribution in [0.15, 0.2) is 34.1 Å². The van der Waals surface area contributed by atoms with E-state index in [-0.39, 0.29) is 23.9 Å². The molecule has 146 valence electrons. The van der Waals surface area contributed by atoms with Crippen molar-refractivity contribution in [3.05, 3.63) is 50.9 Å². The molecule has 0 saturated heterocycles. The number of rotatable bonds is 4. The molecule has 1 N–H and O–H groups in total. The van der Waals surface area contributed by atoms with Gasteiger partial charge in [0.1, 0.15) is 6.04 Å². The summed E-state index contributed by atoms with van der Waals surface area (Å²) in [4.78, 5) is 41.4. The SMILES string of the molecule is CC(C(=O)NCc1ccc2c(c1)OCO2)n1cnc2c1c(=O)n(C)c(=O)n2C. The van der Waals surface area contributed by atoms with Crippen LogP contribution in [0.5, 0.6) is 11.5 Å². The van der Waals surface area contributed by atoms with Crippen LogP contribution >= 0.6 is 0 Å². The Morgan fingerprint density at radius 3 is 2.75 bits per heavy atom. The van der Waals surface area contributed by atoms with Crippen LogP contribution in [-0.4, -0.2) is 31.4 Å². The summed E-state index contributed by atoms with van der Waals surface area (Å²) in [5, 5.41) is 2.84. The van der Waals surface area contributed by atoms with E-state index in [1.165, 1.54) is 29.6 Å². The number of fused-ring (bicyclic) bond motifs is 2. The fourth-order valence-corrected chi connectivity index (χ4v) is 3.17. The maximum Gasteiger partial charge on any atom is 0.332 e. The minimum atomic E-state index is -0.691. The number of carbonyl (C=O) groups is 1. The lowest BCUT2D eigenvalue weighted by molar-refractivity contribution is -0.123. The lowest BCUT2D eigenvalue weighted by atomic mass is 10.2. The summed E-state index contributed by atoms with van der Waals surface area (Å²) < 4.78 is 14.4. The third kappa shape index (κ3) is 2.73. The van der Waals surface area contributed by atoms with Gasteiger partial charge < -0.3 is 19.4 Å². The fraction of sp³-hybridized carbons (Fsp3) is 0.333. The first-order valence-electron chi connectivity index (χ1n) is 8.67. The van der Waals surface area contributed by atoms with Crippen LogP contribution in [-0.2, 0) is 25.4 Å². The minimum absolute atomic E-state index is 0.188. The number of amides is 1. The molecule has 4 rings (SSSR count). The average Bonchev–Trinajstić information content (AvgIpc) is 3.34. The molecule has 2 aromatic heterocycles. The van der Waals surface area contributed by atoms with Crippen molar-refractivity contribution in [2.24, 2.45) is 14.1 Å². The number of nitrogens with one attached hydrogen (secondary N) is 1. The standard InChI is InChI=1S/C18H19N5O5/c1-10(16(24)19-7-11-4-5-12-13(6-11)28-9-27-12)23-8-20-15-14(23)17(25)22(3)18(26)21(15)2/h4-6,8,10H,7,9H2,1-3H3,(H,19,24). The van der Waals surface area contributed by atoms with Gasteiger partial charge >= 0.3 is 5.69 Å². The smallest absolute Gasteiger partial charge is 0.332 e. The van der Waals surface area contributed by atoms with Gasteiger partial charge in [0.05, 0.1) is 6.33 Å². The second kappa shape index (κ2) is 6.55. The molecule has 10 nitrogen and oxygen atoms in total. The van der Waals surface area contributed by atoms with Crippen molar-refractivity contribution in [3.63, 3.8) is 0 Å². The summed E-state index contributed by atoms with van der Waals surface area (Å²) in [5.74, 6) is 1.03. The molecule has 28 heavy (non-hydrogen) atoms. The summed E-state index contributed by atoms with van der Waals surface area (Å²) in [6, 6.07) is 4.76. The summed E-state index contributed by atoms with van der Waals surface area (Å²) in [7, 11) is 2.93. The van der Waals surface area contributed by atoms with Crippen LogP contribution < -0.4 is 26.0 Å². The zero-order chi connectivity index (χ0) is 20.0. The molecule has 1 aliphatic heterocycles. The highest BCUT2D eigenvalue weighted by Gasteiger charge is 2.22. The average molecular weight is 385 g/mol. The van der Waals surface area contributed by atoms with Crippen LogP contribution in [0.4, 0.5) is 0 Å². The monoisotopic (exact) mass is 385 g/mol. The molecule has 0 saturated carbocycles. The molecule has 10 heteroatoms. The predicted octanol–water partition coefficient (Wildman–Crippen LogP) is 0.0398. The predicted molar refractivity (Wildman–Crippen MR) is 99.3 cm³/mol. The Bertz CT molecular complexity index is 1210. The molecular formula is C18H19N5O5. The molecule has 1 amide bonds. The molecule has 1 aliphatic rings. The molecule has 0 fully saturated rings. The lowest BCUT2D eigenvalue weighted by Crippen LogP contribution is -2.38. The molecule has 3 aromatic rings. The quantitative estimate of drug-likeness (QED) is 0.679. The number of hydrogen-bond acceptors (Lipinski definition) is 6. The van der Waals surface area contributed by atoms with Gasteiger partial charge in [0.2, 0.25) is 12.7 Å². The van der Waals surface area contributed by atoms with Gasteiger partial charge in [-0.25, -0.2) is 9.78 Å². The highest BCUT2D eigenvalue weighted by molar-refractivity contribution is 5.82. The Morgan fingerprint density at radius 2 is 1.96 bits per heavy atom. The Labute approximate surface area is 158 Å². The second-order valence-corrected chi connectivity index (χ2v) is 6.61. The number of benzene rings is 1. The van der Waals surface area contributed by atoms with Crippen molar-refractivity contribution >= 4 is 17.1 Å². The van der Waals surface area contributed by atoms with Gasteiger partial charge in [0.15, 0.2) is 22.7 Å². The van der Waals surface area contributed by atoms with Crippen molar-refractivity contribution < 1.29 is 14.3 Å². The van der Waals surface area contributed by atoms with E-state index in [1.807, 2.05) is 12.1 Å². The summed E-state index contributed by atoms with van der Waals surface area (Å²) in [6.07, 6.45) is 1.40. The topological polar surface area (TPSA) is 109 Å². The Kier molecular flexibility index (Phi) is 4.17. The van der Waals surface area contributed by atoms with E-state index in [9.17, 15) is 14.4 Å². The van der Waals surface area contributed by atoms with Crippen molar-refractivity contribution in [3.8, 4) is 11.5 Å². The Balaban J connectivity index is 1.58. The van der Waals surface area contributed by atoms with Crippen molar-refractivity contribution in [2.75, 3.05) is 6.79 Å². The van der Waals surface area contributed by atoms with E-state index in [1.54, 1.807) is 13.0 Å². The van der Waals surface area contributed by atoms with E-state index >= 15 is 0 Å². The summed E-state index contributed by atoms with van der Waals surface area (Å²) >= 11 is 0. The van der Waals surface area contributed by atoms with Gasteiger partial charge in [-0.15, -0.1) is 0 Å². The van der Waals surface area contributed by atoms with E-state index in [2.05, 4.69) is 10.3 Å². The summed E-state index contributed by atoms with van der Waals surface area (Å²) in [5.41, 5.74) is 0.339. The second-order valence-electron chi connectivity index (χ2n) is 6.61.